The van der Waals surface area contributed by atoms with Crippen LogP contribution in [-0.4, -0.2) is 5.11 Å². The standard InChI is InChI=1S/C8H10O/c1-7(9)8-5-3-2-4-6-8/h2-7,9H,1H3/t7-/m1/s1/i7D. The van der Waals surface area contributed by atoms with E-state index < -0.39 is 6.08 Å². The molecule has 0 aliphatic carbocycles. The average Bonchev–Trinajstić information content (AvgIpc) is 1.88. The second kappa shape index (κ2) is 2.65. The van der Waals surface area contributed by atoms with Crippen LogP contribution in [0.4, 0.5) is 0 Å². The van der Waals surface area contributed by atoms with Crippen LogP contribution in [-0.2, 0) is 0 Å². The van der Waals surface area contributed by atoms with Crippen molar-refractivity contribution in [2.45, 2.75) is 13.0 Å². The molecule has 0 amide bonds. The molecular formula is C8H10O. The van der Waals surface area contributed by atoms with Crippen LogP contribution in [0.25, 0.3) is 0 Å². The summed E-state index contributed by atoms with van der Waals surface area (Å²) >= 11 is 0. The minimum Gasteiger partial charge on any atom is -0.389 e. The predicted molar refractivity (Wildman–Crippen MR) is 37.1 cm³/mol. The van der Waals surface area contributed by atoms with Crippen LogP contribution in [0.1, 0.15) is 19.9 Å². The van der Waals surface area contributed by atoms with Crippen molar-refractivity contribution in [2.75, 3.05) is 0 Å². The summed E-state index contributed by atoms with van der Waals surface area (Å²) < 4.78 is 7.23. The van der Waals surface area contributed by atoms with Crippen molar-refractivity contribution in [1.82, 2.24) is 0 Å². The molecule has 0 aromatic heterocycles. The van der Waals surface area contributed by atoms with E-state index in [4.69, 9.17) is 6.48 Å². The molecule has 0 bridgehead atoms. The number of rotatable bonds is 1. The summed E-state index contributed by atoms with van der Waals surface area (Å²) in [7, 11) is 0. The second-order valence-electron chi connectivity index (χ2n) is 1.95. The molecular weight excluding hydrogens is 112 g/mol. The first-order chi connectivity index (χ1) is 4.61. The maximum absolute atomic E-state index is 9.16. The van der Waals surface area contributed by atoms with Crippen LogP contribution in [0, 0.1) is 0 Å². The second-order valence-corrected chi connectivity index (χ2v) is 1.95. The van der Waals surface area contributed by atoms with Gasteiger partial charge in [-0.3, -0.25) is 0 Å². The van der Waals surface area contributed by atoms with Gasteiger partial charge in [-0.1, -0.05) is 30.3 Å². The third-order valence-corrected chi connectivity index (χ3v) is 1.19. The Kier molecular flexibility index (Phi) is 1.47. The molecule has 9 heavy (non-hydrogen) atoms. The molecule has 1 heteroatoms. The molecule has 0 spiro atoms. The van der Waals surface area contributed by atoms with Gasteiger partial charge < -0.3 is 5.11 Å². The number of hydrogen-bond donors (Lipinski definition) is 1. The van der Waals surface area contributed by atoms with Crippen LogP contribution in [0.2, 0.25) is 0 Å². The van der Waals surface area contributed by atoms with Gasteiger partial charge in [0.1, 0.15) is 0 Å². The summed E-state index contributed by atoms with van der Waals surface area (Å²) in [6.45, 7) is 1.45. The third-order valence-electron chi connectivity index (χ3n) is 1.19. The van der Waals surface area contributed by atoms with Crippen LogP contribution in [0.3, 0.4) is 0 Å². The summed E-state index contributed by atoms with van der Waals surface area (Å²) in [5.74, 6) is 0. The molecule has 1 aromatic rings. The molecule has 1 aromatic carbocycles. The molecule has 1 rings (SSSR count). The fraction of sp³-hybridized carbons (Fsp3) is 0.250. The molecule has 0 unspecified atom stereocenters. The van der Waals surface area contributed by atoms with Crippen LogP contribution < -0.4 is 0 Å². The molecule has 0 aliphatic rings. The summed E-state index contributed by atoms with van der Waals surface area (Å²) in [5, 5.41) is 9.16. The number of hydrogen-bond acceptors (Lipinski definition) is 1. The predicted octanol–water partition coefficient (Wildman–Crippen LogP) is 1.74. The zero-order chi connectivity index (χ0) is 7.61. The highest BCUT2D eigenvalue weighted by Crippen LogP contribution is 2.08. The summed E-state index contributed by atoms with van der Waals surface area (Å²) in [4.78, 5) is 0. The Morgan fingerprint density at radius 3 is 2.33 bits per heavy atom. The third kappa shape index (κ3) is 1.54. The van der Waals surface area contributed by atoms with Crippen LogP contribution >= 0.6 is 0 Å². The lowest BCUT2D eigenvalue weighted by molar-refractivity contribution is 0.199. The first-order valence-electron chi connectivity index (χ1n) is 3.38. The van der Waals surface area contributed by atoms with Gasteiger partial charge in [-0.25, -0.2) is 0 Å². The van der Waals surface area contributed by atoms with Gasteiger partial charge in [-0.2, -0.15) is 0 Å². The molecule has 0 fully saturated rings. The Labute approximate surface area is 56.4 Å². The van der Waals surface area contributed by atoms with Crippen molar-refractivity contribution in [1.29, 1.82) is 0 Å². The zero-order valence-electron chi connectivity index (χ0n) is 6.33. The lowest BCUT2D eigenvalue weighted by Gasteiger charge is -2.00. The van der Waals surface area contributed by atoms with Gasteiger partial charge in [-0.15, -0.1) is 0 Å². The van der Waals surface area contributed by atoms with E-state index in [9.17, 15) is 0 Å². The van der Waals surface area contributed by atoms with Gasteiger partial charge >= 0.3 is 0 Å². The molecule has 48 valence electrons. The van der Waals surface area contributed by atoms with E-state index in [1.54, 1.807) is 24.3 Å². The molecule has 0 saturated carbocycles. The summed E-state index contributed by atoms with van der Waals surface area (Å²) in [6, 6.07) is 8.92. The summed E-state index contributed by atoms with van der Waals surface area (Å²) in [6.07, 6.45) is -1.46. The Hall–Kier alpha value is -0.820. The van der Waals surface area contributed by atoms with Gasteiger partial charge in [-0.05, 0) is 12.5 Å². The fourth-order valence-electron chi connectivity index (χ4n) is 0.679. The van der Waals surface area contributed by atoms with E-state index in [-0.39, 0.29) is 0 Å². The first kappa shape index (κ1) is 5.00. The summed E-state index contributed by atoms with van der Waals surface area (Å²) in [5.41, 5.74) is 0.620. The van der Waals surface area contributed by atoms with E-state index in [0.717, 1.165) is 0 Å². The quantitative estimate of drug-likeness (QED) is 0.603. The fourth-order valence-corrected chi connectivity index (χ4v) is 0.679. The van der Waals surface area contributed by atoms with E-state index in [1.807, 2.05) is 6.07 Å². The average molecular weight is 123 g/mol. The van der Waals surface area contributed by atoms with E-state index in [0.29, 0.717) is 5.56 Å². The van der Waals surface area contributed by atoms with E-state index in [2.05, 4.69) is 0 Å². The topological polar surface area (TPSA) is 20.2 Å². The maximum Gasteiger partial charge on any atom is 0.0761 e. The maximum atomic E-state index is 9.16. The zero-order valence-corrected chi connectivity index (χ0v) is 5.33. The van der Waals surface area contributed by atoms with Gasteiger partial charge in [0.25, 0.3) is 0 Å². The molecule has 1 nitrogen and oxygen atoms in total. The lowest BCUT2D eigenvalue weighted by atomic mass is 10.1. The van der Waals surface area contributed by atoms with Gasteiger partial charge in [0.15, 0.2) is 0 Å². The van der Waals surface area contributed by atoms with Crippen molar-refractivity contribution in [2.24, 2.45) is 0 Å². The largest absolute Gasteiger partial charge is 0.389 e. The first-order valence-corrected chi connectivity index (χ1v) is 2.88. The van der Waals surface area contributed by atoms with Crippen LogP contribution in [0.15, 0.2) is 30.3 Å². The van der Waals surface area contributed by atoms with Crippen molar-refractivity contribution < 1.29 is 6.48 Å². The number of benzene rings is 1. The van der Waals surface area contributed by atoms with Gasteiger partial charge in [0, 0.05) is 0 Å². The molecule has 0 heterocycles. The normalized spacial score (nSPS) is 18.2. The van der Waals surface area contributed by atoms with E-state index in [1.165, 1.54) is 6.92 Å². The van der Waals surface area contributed by atoms with Crippen molar-refractivity contribution in [3.63, 3.8) is 0 Å². The van der Waals surface area contributed by atoms with Gasteiger partial charge in [0.05, 0.1) is 7.45 Å². The number of aliphatic hydroxyl groups is 1. The molecule has 1 atom stereocenters. The Morgan fingerprint density at radius 2 is 2.00 bits per heavy atom. The highest BCUT2D eigenvalue weighted by Gasteiger charge is 1.95. The molecule has 0 aliphatic heterocycles. The minimum atomic E-state index is -1.46. The Bertz CT molecular complexity index is 200. The van der Waals surface area contributed by atoms with Crippen molar-refractivity contribution in [3.8, 4) is 0 Å². The SMILES string of the molecule is [2H][C@](C)(O)c1ccccc1. The molecule has 1 N–H and O–H groups in total. The highest BCUT2D eigenvalue weighted by molar-refractivity contribution is 5.16. The van der Waals surface area contributed by atoms with Crippen LogP contribution in [0.5, 0.6) is 0 Å². The van der Waals surface area contributed by atoms with Gasteiger partial charge in [0.2, 0.25) is 0 Å². The lowest BCUT2D eigenvalue weighted by Crippen LogP contribution is -1.87. The van der Waals surface area contributed by atoms with Crippen molar-refractivity contribution in [3.05, 3.63) is 35.9 Å². The van der Waals surface area contributed by atoms with Crippen molar-refractivity contribution >= 4 is 0 Å². The molecule has 0 saturated heterocycles. The monoisotopic (exact) mass is 123 g/mol. The minimum absolute atomic E-state index is 0.620. The smallest absolute Gasteiger partial charge is 0.0761 e. The Balaban J connectivity index is 2.97. The van der Waals surface area contributed by atoms with E-state index >= 15 is 0 Å². The molecule has 0 radical (unpaired) electrons. The highest BCUT2D eigenvalue weighted by atomic mass is 16.3. The Morgan fingerprint density at radius 1 is 1.44 bits per heavy atom.